The number of hydrogen-bond donors (Lipinski definition) is 1. The lowest BCUT2D eigenvalue weighted by atomic mass is 9.95. The maximum atomic E-state index is 13.1. The van der Waals surface area contributed by atoms with Crippen molar-refractivity contribution in [2.75, 3.05) is 25.2 Å². The maximum Gasteiger partial charge on any atom is 0.289 e. The molecule has 2 amide bonds. The van der Waals surface area contributed by atoms with Crippen LogP contribution in [0.3, 0.4) is 0 Å². The van der Waals surface area contributed by atoms with Gasteiger partial charge in [-0.2, -0.15) is 0 Å². The number of nitrogens with one attached hydrogen (secondary N) is 1. The highest BCUT2D eigenvalue weighted by atomic mass is 19.1. The molecule has 7 nitrogen and oxygen atoms in total. The van der Waals surface area contributed by atoms with Crippen LogP contribution in [0.4, 0.5) is 10.1 Å². The number of carbonyl (C=O) groups is 2. The van der Waals surface area contributed by atoms with Gasteiger partial charge >= 0.3 is 0 Å². The number of nitrogens with zero attached hydrogens (tertiary/aromatic N) is 1. The maximum absolute atomic E-state index is 13.1. The highest BCUT2D eigenvalue weighted by molar-refractivity contribution is 5.94. The van der Waals surface area contributed by atoms with Crippen molar-refractivity contribution in [1.29, 1.82) is 0 Å². The van der Waals surface area contributed by atoms with Crippen LogP contribution in [0.1, 0.15) is 23.4 Å². The summed E-state index contributed by atoms with van der Waals surface area (Å²) in [6, 6.07) is 14.5. The number of ether oxygens (including phenoxy) is 2. The van der Waals surface area contributed by atoms with Gasteiger partial charge in [0.1, 0.15) is 11.6 Å². The zero-order chi connectivity index (χ0) is 22.1. The average molecular weight is 436 g/mol. The lowest BCUT2D eigenvalue weighted by Crippen LogP contribution is -2.41. The number of halogens is 1. The van der Waals surface area contributed by atoms with Gasteiger partial charge in [-0.3, -0.25) is 9.59 Å². The van der Waals surface area contributed by atoms with Crippen molar-refractivity contribution in [3.8, 4) is 22.8 Å². The van der Waals surface area contributed by atoms with Crippen LogP contribution < -0.4 is 14.8 Å². The second-order valence-electron chi connectivity index (χ2n) is 7.79. The van der Waals surface area contributed by atoms with E-state index in [0.29, 0.717) is 54.4 Å². The summed E-state index contributed by atoms with van der Waals surface area (Å²) in [6.07, 6.45) is 1.13. The van der Waals surface area contributed by atoms with E-state index in [1.807, 2.05) is 0 Å². The molecule has 1 fully saturated rings. The van der Waals surface area contributed by atoms with Crippen LogP contribution in [-0.4, -0.2) is 36.6 Å². The average Bonchev–Trinajstić information content (AvgIpc) is 3.49. The summed E-state index contributed by atoms with van der Waals surface area (Å²) < 4.78 is 29.4. The molecule has 8 heteroatoms. The molecule has 0 unspecified atom stereocenters. The van der Waals surface area contributed by atoms with Crippen molar-refractivity contribution in [2.45, 2.75) is 12.8 Å². The Labute approximate surface area is 183 Å². The van der Waals surface area contributed by atoms with Gasteiger partial charge in [0.05, 0.1) is 0 Å². The number of likely N-dealkylation sites (tertiary alicyclic amines) is 1. The molecule has 2 aliphatic heterocycles. The molecule has 2 aliphatic rings. The number of hydrogen-bond acceptors (Lipinski definition) is 5. The minimum atomic E-state index is -0.331. The first kappa shape index (κ1) is 20.1. The van der Waals surface area contributed by atoms with Crippen molar-refractivity contribution >= 4 is 17.5 Å². The smallest absolute Gasteiger partial charge is 0.289 e. The fourth-order valence-electron chi connectivity index (χ4n) is 3.94. The van der Waals surface area contributed by atoms with Crippen molar-refractivity contribution in [3.05, 3.63) is 66.2 Å². The van der Waals surface area contributed by atoms with E-state index in [1.165, 1.54) is 12.1 Å². The van der Waals surface area contributed by atoms with Gasteiger partial charge < -0.3 is 24.1 Å². The summed E-state index contributed by atoms with van der Waals surface area (Å²) in [5, 5.41) is 2.92. The third kappa shape index (κ3) is 4.03. The summed E-state index contributed by atoms with van der Waals surface area (Å²) in [5.74, 6) is 1.20. The molecule has 0 radical (unpaired) electrons. The van der Waals surface area contributed by atoms with E-state index in [1.54, 1.807) is 47.4 Å². The van der Waals surface area contributed by atoms with Crippen LogP contribution in [0.15, 0.2) is 59.0 Å². The lowest BCUT2D eigenvalue weighted by molar-refractivity contribution is -0.121. The number of fused-ring (bicyclic) bond motifs is 1. The molecule has 32 heavy (non-hydrogen) atoms. The van der Waals surface area contributed by atoms with Gasteiger partial charge in [0, 0.05) is 36.3 Å². The Balaban J connectivity index is 1.17. The number of amides is 2. The minimum Gasteiger partial charge on any atom is -0.454 e. The molecule has 0 aliphatic carbocycles. The number of piperidine rings is 1. The molecule has 0 atom stereocenters. The fourth-order valence-corrected chi connectivity index (χ4v) is 3.94. The van der Waals surface area contributed by atoms with Gasteiger partial charge in [-0.05, 0) is 61.4 Å². The van der Waals surface area contributed by atoms with E-state index >= 15 is 0 Å². The lowest BCUT2D eigenvalue weighted by Gasteiger charge is -2.30. The summed E-state index contributed by atoms with van der Waals surface area (Å²) in [4.78, 5) is 27.2. The molecule has 3 aromatic rings. The number of furan rings is 1. The van der Waals surface area contributed by atoms with Crippen LogP contribution in [0.25, 0.3) is 11.3 Å². The highest BCUT2D eigenvalue weighted by Gasteiger charge is 2.29. The third-order valence-electron chi connectivity index (χ3n) is 5.74. The minimum absolute atomic E-state index is 0.0763. The van der Waals surface area contributed by atoms with Gasteiger partial charge in [0.2, 0.25) is 12.7 Å². The second-order valence-corrected chi connectivity index (χ2v) is 7.79. The van der Waals surface area contributed by atoms with Gasteiger partial charge in [-0.1, -0.05) is 0 Å². The molecule has 1 aromatic heterocycles. The second kappa shape index (κ2) is 8.37. The molecule has 2 aromatic carbocycles. The number of rotatable bonds is 4. The first-order valence-corrected chi connectivity index (χ1v) is 10.4. The van der Waals surface area contributed by atoms with Gasteiger partial charge in [0.15, 0.2) is 17.3 Å². The molecular weight excluding hydrogens is 415 g/mol. The van der Waals surface area contributed by atoms with Gasteiger partial charge in [-0.25, -0.2) is 4.39 Å². The molecule has 1 N–H and O–H groups in total. The first-order chi connectivity index (χ1) is 15.6. The molecule has 0 saturated carbocycles. The Bertz CT molecular complexity index is 1150. The standard InChI is InChI=1S/C24H21FN2O5/c25-17-3-1-15(2-4-17)19-7-8-21(32-19)24(29)27-11-9-16(10-12-27)23(28)26-18-5-6-20-22(13-18)31-14-30-20/h1-8,13,16H,9-12,14H2,(H,26,28). The molecule has 5 rings (SSSR count). The number of benzene rings is 2. The van der Waals surface area contributed by atoms with Gasteiger partial charge in [-0.15, -0.1) is 0 Å². The molecule has 0 spiro atoms. The Kier molecular flexibility index (Phi) is 5.26. The first-order valence-electron chi connectivity index (χ1n) is 10.4. The van der Waals surface area contributed by atoms with E-state index in [0.717, 1.165) is 0 Å². The van der Waals surface area contributed by atoms with E-state index in [2.05, 4.69) is 5.32 Å². The number of anilines is 1. The normalized spacial score (nSPS) is 15.6. The summed E-state index contributed by atoms with van der Waals surface area (Å²) in [6.45, 7) is 1.11. The highest BCUT2D eigenvalue weighted by Crippen LogP contribution is 2.34. The zero-order valence-corrected chi connectivity index (χ0v) is 17.2. The van der Waals surface area contributed by atoms with Crippen LogP contribution in [0.5, 0.6) is 11.5 Å². The number of carbonyl (C=O) groups excluding carboxylic acids is 2. The Morgan fingerprint density at radius 2 is 1.69 bits per heavy atom. The predicted octanol–water partition coefficient (Wildman–Crippen LogP) is 4.31. The van der Waals surface area contributed by atoms with Crippen molar-refractivity contribution in [2.24, 2.45) is 5.92 Å². The summed E-state index contributed by atoms with van der Waals surface area (Å²) in [7, 11) is 0. The van der Waals surface area contributed by atoms with E-state index < -0.39 is 0 Å². The largest absolute Gasteiger partial charge is 0.454 e. The monoisotopic (exact) mass is 436 g/mol. The Hall–Kier alpha value is -3.81. The van der Waals surface area contributed by atoms with Crippen molar-refractivity contribution < 1.29 is 27.9 Å². The molecular formula is C24H21FN2O5. The molecule has 164 valence electrons. The van der Waals surface area contributed by atoms with Gasteiger partial charge in [0.25, 0.3) is 5.91 Å². The Morgan fingerprint density at radius 1 is 0.938 bits per heavy atom. The zero-order valence-electron chi connectivity index (χ0n) is 17.2. The molecule has 3 heterocycles. The SMILES string of the molecule is O=C(Nc1ccc2c(c1)OCO2)C1CCN(C(=O)c2ccc(-c3ccc(F)cc3)o2)CC1. The summed E-state index contributed by atoms with van der Waals surface area (Å²) >= 11 is 0. The predicted molar refractivity (Wildman–Crippen MR) is 114 cm³/mol. The van der Waals surface area contributed by atoms with Crippen LogP contribution in [-0.2, 0) is 4.79 Å². The van der Waals surface area contributed by atoms with Crippen molar-refractivity contribution in [1.82, 2.24) is 4.90 Å². The molecule has 0 bridgehead atoms. The van der Waals surface area contributed by atoms with Crippen LogP contribution >= 0.6 is 0 Å². The van der Waals surface area contributed by atoms with Crippen LogP contribution in [0, 0.1) is 11.7 Å². The quantitative estimate of drug-likeness (QED) is 0.659. The summed E-state index contributed by atoms with van der Waals surface area (Å²) in [5.41, 5.74) is 1.35. The third-order valence-corrected chi connectivity index (χ3v) is 5.74. The van der Waals surface area contributed by atoms with E-state index in [9.17, 15) is 14.0 Å². The van der Waals surface area contributed by atoms with E-state index in [-0.39, 0.29) is 36.1 Å². The van der Waals surface area contributed by atoms with E-state index in [4.69, 9.17) is 13.9 Å². The molecule has 1 saturated heterocycles. The topological polar surface area (TPSA) is 81.0 Å². The van der Waals surface area contributed by atoms with Crippen LogP contribution in [0.2, 0.25) is 0 Å². The fraction of sp³-hybridized carbons (Fsp3) is 0.250. The Morgan fingerprint density at radius 3 is 2.47 bits per heavy atom. The van der Waals surface area contributed by atoms with Crippen molar-refractivity contribution in [3.63, 3.8) is 0 Å².